The van der Waals surface area contributed by atoms with Crippen LogP contribution in [0.4, 0.5) is 5.69 Å². The molecule has 88 valence electrons. The Morgan fingerprint density at radius 2 is 2.12 bits per heavy atom. The van der Waals surface area contributed by atoms with Crippen molar-refractivity contribution < 1.29 is 9.53 Å². The first-order valence-corrected chi connectivity index (χ1v) is 5.59. The fraction of sp³-hybridized carbons (Fsp3) is 0.462. The lowest BCUT2D eigenvalue weighted by atomic mass is 10.1. The van der Waals surface area contributed by atoms with E-state index >= 15 is 0 Å². The van der Waals surface area contributed by atoms with Gasteiger partial charge in [0.1, 0.15) is 5.75 Å². The minimum Gasteiger partial charge on any atom is -0.492 e. The largest absolute Gasteiger partial charge is 0.492 e. The smallest absolute Gasteiger partial charge is 0.227 e. The second-order valence-electron chi connectivity index (χ2n) is 4.08. The first-order chi connectivity index (χ1) is 7.54. The summed E-state index contributed by atoms with van der Waals surface area (Å²) in [6, 6.07) is 5.76. The van der Waals surface area contributed by atoms with Gasteiger partial charge in [0.2, 0.25) is 5.91 Å². The van der Waals surface area contributed by atoms with Gasteiger partial charge in [-0.2, -0.15) is 0 Å². The van der Waals surface area contributed by atoms with Crippen LogP contribution in [0.25, 0.3) is 0 Å². The van der Waals surface area contributed by atoms with Gasteiger partial charge in [-0.1, -0.05) is 19.9 Å². The zero-order chi connectivity index (χ0) is 12.1. The molecule has 0 bridgehead atoms. The number of nitrogens with one attached hydrogen (secondary N) is 1. The highest BCUT2D eigenvalue weighted by Crippen LogP contribution is 2.26. The lowest BCUT2D eigenvalue weighted by Gasteiger charge is -2.13. The minimum atomic E-state index is -0.0317. The third-order valence-corrected chi connectivity index (χ3v) is 2.22. The van der Waals surface area contributed by atoms with Crippen molar-refractivity contribution in [3.8, 4) is 5.75 Å². The molecule has 0 aliphatic rings. The third kappa shape index (κ3) is 3.26. The van der Waals surface area contributed by atoms with Crippen LogP contribution in [0.2, 0.25) is 0 Å². The van der Waals surface area contributed by atoms with Gasteiger partial charge in [-0.05, 0) is 31.5 Å². The number of carbonyl (C=O) groups is 1. The number of carbonyl (C=O) groups excluding carboxylic acids is 1. The van der Waals surface area contributed by atoms with Crippen LogP contribution in [0.1, 0.15) is 26.3 Å². The standard InChI is InChI=1S/C13H19NO2/c1-5-16-12-8-10(4)6-7-11(12)14-13(15)9(2)3/h6-9H,5H2,1-4H3,(H,14,15). The van der Waals surface area contributed by atoms with Crippen LogP contribution >= 0.6 is 0 Å². The molecule has 0 unspecified atom stereocenters. The zero-order valence-corrected chi connectivity index (χ0v) is 10.3. The summed E-state index contributed by atoms with van der Waals surface area (Å²) in [5, 5.41) is 2.86. The lowest BCUT2D eigenvalue weighted by Crippen LogP contribution is -2.18. The Bertz CT molecular complexity index is 372. The molecule has 0 heterocycles. The molecule has 0 fully saturated rings. The molecular weight excluding hydrogens is 202 g/mol. The molecular formula is C13H19NO2. The first-order valence-electron chi connectivity index (χ1n) is 5.59. The van der Waals surface area contributed by atoms with Gasteiger partial charge in [-0.15, -0.1) is 0 Å². The van der Waals surface area contributed by atoms with Crippen LogP contribution in [0, 0.1) is 12.8 Å². The van der Waals surface area contributed by atoms with Crippen molar-refractivity contribution in [1.82, 2.24) is 0 Å². The van der Waals surface area contributed by atoms with Crippen LogP contribution in [0.3, 0.4) is 0 Å². The molecule has 1 amide bonds. The topological polar surface area (TPSA) is 38.3 Å². The maximum atomic E-state index is 11.6. The Labute approximate surface area is 96.8 Å². The van der Waals surface area contributed by atoms with E-state index in [1.807, 2.05) is 45.9 Å². The van der Waals surface area contributed by atoms with Gasteiger partial charge in [0, 0.05) is 5.92 Å². The summed E-state index contributed by atoms with van der Waals surface area (Å²) in [6.45, 7) is 8.24. The van der Waals surface area contributed by atoms with E-state index in [2.05, 4.69) is 5.32 Å². The van der Waals surface area contributed by atoms with Crippen molar-refractivity contribution in [1.29, 1.82) is 0 Å². The first kappa shape index (κ1) is 12.6. The Kier molecular flexibility index (Phi) is 4.35. The molecule has 1 aromatic rings. The maximum absolute atomic E-state index is 11.6. The van der Waals surface area contributed by atoms with Crippen LogP contribution in [-0.2, 0) is 4.79 Å². The highest BCUT2D eigenvalue weighted by Gasteiger charge is 2.10. The number of ether oxygens (including phenoxy) is 1. The van der Waals surface area contributed by atoms with Crippen molar-refractivity contribution in [2.24, 2.45) is 5.92 Å². The van der Waals surface area contributed by atoms with Crippen LogP contribution in [-0.4, -0.2) is 12.5 Å². The van der Waals surface area contributed by atoms with Crippen LogP contribution < -0.4 is 10.1 Å². The summed E-state index contributed by atoms with van der Waals surface area (Å²) >= 11 is 0. The highest BCUT2D eigenvalue weighted by atomic mass is 16.5. The SMILES string of the molecule is CCOc1cc(C)ccc1NC(=O)C(C)C. The summed E-state index contributed by atoms with van der Waals surface area (Å²) in [7, 11) is 0. The lowest BCUT2D eigenvalue weighted by molar-refractivity contribution is -0.118. The Balaban J connectivity index is 2.90. The van der Waals surface area contributed by atoms with Gasteiger partial charge in [0.25, 0.3) is 0 Å². The second-order valence-corrected chi connectivity index (χ2v) is 4.08. The number of anilines is 1. The molecule has 16 heavy (non-hydrogen) atoms. The fourth-order valence-corrected chi connectivity index (χ4v) is 1.28. The molecule has 0 aliphatic carbocycles. The molecule has 1 aromatic carbocycles. The predicted molar refractivity (Wildman–Crippen MR) is 65.8 cm³/mol. The zero-order valence-electron chi connectivity index (χ0n) is 10.3. The minimum absolute atomic E-state index is 0.00445. The summed E-state index contributed by atoms with van der Waals surface area (Å²) in [5.41, 5.74) is 1.86. The van der Waals surface area contributed by atoms with E-state index in [9.17, 15) is 4.79 Å². The van der Waals surface area contributed by atoms with E-state index < -0.39 is 0 Å². The van der Waals surface area contributed by atoms with Gasteiger partial charge in [0.05, 0.1) is 12.3 Å². The quantitative estimate of drug-likeness (QED) is 0.848. The van der Waals surface area contributed by atoms with E-state index in [4.69, 9.17) is 4.74 Å². The average Bonchev–Trinajstić information content (AvgIpc) is 2.22. The number of amides is 1. The summed E-state index contributed by atoms with van der Waals surface area (Å²) in [6.07, 6.45) is 0. The molecule has 0 radical (unpaired) electrons. The summed E-state index contributed by atoms with van der Waals surface area (Å²) < 4.78 is 5.48. The van der Waals surface area contributed by atoms with Crippen molar-refractivity contribution in [2.45, 2.75) is 27.7 Å². The molecule has 1 N–H and O–H groups in total. The molecule has 0 aromatic heterocycles. The average molecular weight is 221 g/mol. The molecule has 0 saturated carbocycles. The van der Waals surface area contributed by atoms with Gasteiger partial charge in [-0.25, -0.2) is 0 Å². The molecule has 0 spiro atoms. The van der Waals surface area contributed by atoms with Crippen molar-refractivity contribution in [3.05, 3.63) is 23.8 Å². The molecule has 3 nitrogen and oxygen atoms in total. The number of aryl methyl sites for hydroxylation is 1. The molecule has 0 aliphatic heterocycles. The maximum Gasteiger partial charge on any atom is 0.227 e. The van der Waals surface area contributed by atoms with Gasteiger partial charge < -0.3 is 10.1 Å². The van der Waals surface area contributed by atoms with Crippen molar-refractivity contribution >= 4 is 11.6 Å². The normalized spacial score (nSPS) is 10.3. The molecule has 0 atom stereocenters. The number of benzene rings is 1. The third-order valence-electron chi connectivity index (χ3n) is 2.22. The number of hydrogen-bond acceptors (Lipinski definition) is 2. The number of hydrogen-bond donors (Lipinski definition) is 1. The van der Waals surface area contributed by atoms with Crippen LogP contribution in [0.15, 0.2) is 18.2 Å². The van der Waals surface area contributed by atoms with Gasteiger partial charge in [0.15, 0.2) is 0 Å². The Morgan fingerprint density at radius 1 is 1.44 bits per heavy atom. The second kappa shape index (κ2) is 5.54. The van der Waals surface area contributed by atoms with Gasteiger partial charge >= 0.3 is 0 Å². The van der Waals surface area contributed by atoms with Crippen LogP contribution in [0.5, 0.6) is 5.75 Å². The molecule has 0 saturated heterocycles. The van der Waals surface area contributed by atoms with E-state index in [0.29, 0.717) is 6.61 Å². The monoisotopic (exact) mass is 221 g/mol. The van der Waals surface area contributed by atoms with Crippen molar-refractivity contribution in [2.75, 3.05) is 11.9 Å². The van der Waals surface area contributed by atoms with E-state index in [-0.39, 0.29) is 11.8 Å². The number of rotatable bonds is 4. The van der Waals surface area contributed by atoms with Crippen molar-refractivity contribution in [3.63, 3.8) is 0 Å². The molecule has 1 rings (SSSR count). The summed E-state index contributed by atoms with van der Waals surface area (Å²) in [5.74, 6) is 0.706. The van der Waals surface area contributed by atoms with Gasteiger partial charge in [-0.3, -0.25) is 4.79 Å². The highest BCUT2D eigenvalue weighted by molar-refractivity contribution is 5.93. The predicted octanol–water partition coefficient (Wildman–Crippen LogP) is 2.99. The Morgan fingerprint density at radius 3 is 2.69 bits per heavy atom. The van der Waals surface area contributed by atoms with E-state index in [1.54, 1.807) is 0 Å². The van der Waals surface area contributed by atoms with E-state index in [0.717, 1.165) is 17.0 Å². The Hall–Kier alpha value is -1.51. The molecule has 3 heteroatoms. The summed E-state index contributed by atoms with van der Waals surface area (Å²) in [4.78, 5) is 11.6. The van der Waals surface area contributed by atoms with E-state index in [1.165, 1.54) is 0 Å². The fourth-order valence-electron chi connectivity index (χ4n) is 1.28.